The molecule has 0 radical (unpaired) electrons. The lowest BCUT2D eigenvalue weighted by molar-refractivity contribution is 0.197. The molecule has 0 aliphatic carbocycles. The standard InChI is InChI=1S/C20H26N4O2/c1-23-12-3-13-24(15-14-23)20(25)22-19(17-8-10-21-11-9-17)16-4-6-18(26-2)7-5-16/h4-11,19H,3,12-15H2,1-2H3,(H,22,25)/t19-/m1/s1. The third-order valence-corrected chi connectivity index (χ3v) is 4.76. The maximum atomic E-state index is 12.9. The fourth-order valence-corrected chi connectivity index (χ4v) is 3.18. The maximum Gasteiger partial charge on any atom is 0.318 e. The Hall–Kier alpha value is -2.60. The lowest BCUT2D eigenvalue weighted by Gasteiger charge is -2.26. The van der Waals surface area contributed by atoms with Gasteiger partial charge in [-0.05, 0) is 55.4 Å². The van der Waals surface area contributed by atoms with Gasteiger partial charge in [0.2, 0.25) is 0 Å². The van der Waals surface area contributed by atoms with Gasteiger partial charge in [-0.2, -0.15) is 0 Å². The molecule has 2 amide bonds. The summed E-state index contributed by atoms with van der Waals surface area (Å²) in [6.45, 7) is 3.45. The second kappa shape index (κ2) is 8.67. The highest BCUT2D eigenvalue weighted by Crippen LogP contribution is 2.24. The average molecular weight is 354 g/mol. The van der Waals surface area contributed by atoms with Crippen LogP contribution in [0.4, 0.5) is 4.79 Å². The number of pyridine rings is 1. The molecule has 1 N–H and O–H groups in total. The van der Waals surface area contributed by atoms with Crippen LogP contribution in [0.25, 0.3) is 0 Å². The summed E-state index contributed by atoms with van der Waals surface area (Å²) in [7, 11) is 3.74. The van der Waals surface area contributed by atoms with Crippen LogP contribution in [0.1, 0.15) is 23.6 Å². The fraction of sp³-hybridized carbons (Fsp3) is 0.400. The van der Waals surface area contributed by atoms with E-state index in [0.29, 0.717) is 0 Å². The first-order valence-corrected chi connectivity index (χ1v) is 8.95. The molecule has 1 atom stereocenters. The number of rotatable bonds is 4. The Balaban J connectivity index is 1.80. The van der Waals surface area contributed by atoms with E-state index < -0.39 is 0 Å². The van der Waals surface area contributed by atoms with Gasteiger partial charge in [-0.1, -0.05) is 12.1 Å². The van der Waals surface area contributed by atoms with Gasteiger partial charge in [0.05, 0.1) is 13.2 Å². The first-order valence-electron chi connectivity index (χ1n) is 8.95. The van der Waals surface area contributed by atoms with E-state index >= 15 is 0 Å². The van der Waals surface area contributed by atoms with E-state index in [1.807, 2.05) is 41.3 Å². The van der Waals surface area contributed by atoms with Crippen LogP contribution in [0.5, 0.6) is 5.75 Å². The molecule has 0 spiro atoms. The van der Waals surface area contributed by atoms with Crippen molar-refractivity contribution in [3.8, 4) is 5.75 Å². The number of likely N-dealkylation sites (N-methyl/N-ethyl adjacent to an activating group) is 1. The second-order valence-electron chi connectivity index (χ2n) is 6.58. The number of urea groups is 1. The van der Waals surface area contributed by atoms with Crippen molar-refractivity contribution in [3.63, 3.8) is 0 Å². The quantitative estimate of drug-likeness (QED) is 0.917. The zero-order valence-corrected chi connectivity index (χ0v) is 15.4. The number of ether oxygens (including phenoxy) is 1. The molecule has 0 unspecified atom stereocenters. The Morgan fingerprint density at radius 2 is 1.73 bits per heavy atom. The van der Waals surface area contributed by atoms with Crippen molar-refractivity contribution in [2.75, 3.05) is 40.3 Å². The molecule has 26 heavy (non-hydrogen) atoms. The highest BCUT2D eigenvalue weighted by molar-refractivity contribution is 5.75. The van der Waals surface area contributed by atoms with Crippen molar-refractivity contribution in [2.24, 2.45) is 0 Å². The summed E-state index contributed by atoms with van der Waals surface area (Å²) in [4.78, 5) is 21.1. The number of methoxy groups -OCH3 is 1. The minimum absolute atomic E-state index is 0.0297. The zero-order valence-electron chi connectivity index (χ0n) is 15.4. The van der Waals surface area contributed by atoms with Gasteiger partial charge in [0.1, 0.15) is 5.75 Å². The van der Waals surface area contributed by atoms with Gasteiger partial charge >= 0.3 is 6.03 Å². The van der Waals surface area contributed by atoms with Crippen LogP contribution in [0.2, 0.25) is 0 Å². The van der Waals surface area contributed by atoms with Crippen molar-refractivity contribution in [3.05, 3.63) is 59.9 Å². The second-order valence-corrected chi connectivity index (χ2v) is 6.58. The number of hydrogen-bond donors (Lipinski definition) is 1. The van der Waals surface area contributed by atoms with Crippen molar-refractivity contribution in [1.82, 2.24) is 20.1 Å². The van der Waals surface area contributed by atoms with Gasteiger partial charge in [-0.15, -0.1) is 0 Å². The normalized spacial score (nSPS) is 16.6. The van der Waals surface area contributed by atoms with Crippen molar-refractivity contribution < 1.29 is 9.53 Å². The van der Waals surface area contributed by atoms with Crippen molar-refractivity contribution >= 4 is 6.03 Å². The predicted octanol–water partition coefficient (Wildman–Crippen LogP) is 2.53. The topological polar surface area (TPSA) is 57.7 Å². The number of nitrogens with one attached hydrogen (secondary N) is 1. The highest BCUT2D eigenvalue weighted by Gasteiger charge is 2.22. The molecule has 6 nitrogen and oxygen atoms in total. The largest absolute Gasteiger partial charge is 0.497 e. The Bertz CT molecular complexity index is 706. The molecule has 3 rings (SSSR count). The minimum Gasteiger partial charge on any atom is -0.497 e. The van der Waals surface area contributed by atoms with E-state index in [2.05, 4.69) is 22.2 Å². The maximum absolute atomic E-state index is 12.9. The Kier molecular flexibility index (Phi) is 6.07. The van der Waals surface area contributed by atoms with E-state index in [1.54, 1.807) is 19.5 Å². The summed E-state index contributed by atoms with van der Waals surface area (Å²) in [5.41, 5.74) is 2.02. The Morgan fingerprint density at radius 3 is 2.42 bits per heavy atom. The van der Waals surface area contributed by atoms with Crippen molar-refractivity contribution in [2.45, 2.75) is 12.5 Å². The molecular formula is C20H26N4O2. The van der Waals surface area contributed by atoms with E-state index in [0.717, 1.165) is 49.5 Å². The summed E-state index contributed by atoms with van der Waals surface area (Å²) < 4.78 is 5.24. The molecule has 1 aliphatic rings. The molecule has 6 heteroatoms. The summed E-state index contributed by atoms with van der Waals surface area (Å²) in [6, 6.07) is 11.4. The monoisotopic (exact) mass is 354 g/mol. The number of nitrogens with zero attached hydrogens (tertiary/aromatic N) is 3. The van der Waals surface area contributed by atoms with Crippen LogP contribution >= 0.6 is 0 Å². The first-order chi connectivity index (χ1) is 12.7. The summed E-state index contributed by atoms with van der Waals surface area (Å²) in [5, 5.41) is 3.20. The van der Waals surface area contributed by atoms with Crippen LogP contribution in [0, 0.1) is 0 Å². The number of carbonyl (C=O) groups excluding carboxylic acids is 1. The van der Waals surface area contributed by atoms with Gasteiger partial charge in [-0.3, -0.25) is 4.98 Å². The van der Waals surface area contributed by atoms with Gasteiger partial charge < -0.3 is 19.9 Å². The Morgan fingerprint density at radius 1 is 1.04 bits per heavy atom. The molecule has 1 aromatic carbocycles. The van der Waals surface area contributed by atoms with E-state index in [9.17, 15) is 4.79 Å². The third kappa shape index (κ3) is 4.52. The fourth-order valence-electron chi connectivity index (χ4n) is 3.18. The van der Waals surface area contributed by atoms with Gasteiger partial charge in [-0.25, -0.2) is 4.79 Å². The highest BCUT2D eigenvalue weighted by atomic mass is 16.5. The third-order valence-electron chi connectivity index (χ3n) is 4.76. The van der Waals surface area contributed by atoms with Gasteiger partial charge in [0, 0.05) is 32.0 Å². The zero-order chi connectivity index (χ0) is 18.4. The van der Waals surface area contributed by atoms with Crippen LogP contribution in [-0.2, 0) is 0 Å². The number of hydrogen-bond acceptors (Lipinski definition) is 4. The predicted molar refractivity (Wildman–Crippen MR) is 101 cm³/mol. The lowest BCUT2D eigenvalue weighted by Crippen LogP contribution is -2.43. The van der Waals surface area contributed by atoms with Crippen LogP contribution < -0.4 is 10.1 Å². The molecule has 1 fully saturated rings. The minimum atomic E-state index is -0.225. The molecule has 1 saturated heterocycles. The van der Waals surface area contributed by atoms with Crippen molar-refractivity contribution in [1.29, 1.82) is 0 Å². The Labute approximate surface area is 154 Å². The molecule has 0 bridgehead atoms. The van der Waals surface area contributed by atoms with Crippen LogP contribution in [-0.4, -0.2) is 61.2 Å². The molecule has 2 aromatic rings. The van der Waals surface area contributed by atoms with E-state index in [1.165, 1.54) is 0 Å². The number of carbonyl (C=O) groups is 1. The number of aromatic nitrogens is 1. The summed E-state index contributed by atoms with van der Waals surface area (Å²) in [5.74, 6) is 0.795. The van der Waals surface area contributed by atoms with E-state index in [-0.39, 0.29) is 12.1 Å². The molecule has 138 valence electrons. The first kappa shape index (κ1) is 18.2. The molecule has 1 aliphatic heterocycles. The molecule has 2 heterocycles. The number of amides is 2. The summed E-state index contributed by atoms with van der Waals surface area (Å²) >= 11 is 0. The average Bonchev–Trinajstić information content (AvgIpc) is 2.91. The van der Waals surface area contributed by atoms with Gasteiger partial charge in [0.25, 0.3) is 0 Å². The summed E-state index contributed by atoms with van der Waals surface area (Å²) in [6.07, 6.45) is 4.49. The molecule has 1 aromatic heterocycles. The molecular weight excluding hydrogens is 328 g/mol. The van der Waals surface area contributed by atoms with Gasteiger partial charge in [0.15, 0.2) is 0 Å². The van der Waals surface area contributed by atoms with E-state index in [4.69, 9.17) is 4.74 Å². The number of benzene rings is 1. The van der Waals surface area contributed by atoms with Crippen LogP contribution in [0.15, 0.2) is 48.8 Å². The SMILES string of the molecule is COc1ccc([C@@H](NC(=O)N2CCCN(C)CC2)c2ccncc2)cc1. The van der Waals surface area contributed by atoms with Crippen LogP contribution in [0.3, 0.4) is 0 Å². The lowest BCUT2D eigenvalue weighted by atomic mass is 9.99. The molecule has 0 saturated carbocycles. The smallest absolute Gasteiger partial charge is 0.318 e.